The minimum atomic E-state index is -0.799. The minimum Gasteiger partial charge on any atom is -0.456 e. The van der Waals surface area contributed by atoms with Crippen LogP contribution in [0.5, 0.6) is 0 Å². The lowest BCUT2D eigenvalue weighted by Gasteiger charge is -2.20. The van der Waals surface area contributed by atoms with E-state index in [2.05, 4.69) is 5.32 Å². The van der Waals surface area contributed by atoms with Crippen molar-refractivity contribution in [1.82, 2.24) is 5.32 Å². The molecule has 0 aliphatic heterocycles. The van der Waals surface area contributed by atoms with E-state index in [0.29, 0.717) is 10.4 Å². The first kappa shape index (κ1) is 19.3. The molecule has 1 aromatic carbocycles. The second-order valence-corrected chi connectivity index (χ2v) is 7.99. The van der Waals surface area contributed by atoms with Gasteiger partial charge in [-0.25, -0.2) is 4.79 Å². The van der Waals surface area contributed by atoms with Crippen LogP contribution in [0, 0.1) is 5.92 Å². The van der Waals surface area contributed by atoms with E-state index in [-0.39, 0.29) is 24.2 Å². The third-order valence-corrected chi connectivity index (χ3v) is 5.59. The molecule has 0 spiro atoms. The predicted molar refractivity (Wildman–Crippen MR) is 104 cm³/mol. The number of nitrogens with one attached hydrogen (secondary N) is 1. The SMILES string of the molecule is CC(C)[C@H](NC(=O)c1cccs1)C(=O)OCC(=O)c1ccc2c(c1)CCC2. The Morgan fingerprint density at radius 3 is 2.63 bits per heavy atom. The molecule has 0 radical (unpaired) electrons. The topological polar surface area (TPSA) is 72.5 Å². The van der Waals surface area contributed by atoms with Gasteiger partial charge in [0.25, 0.3) is 5.91 Å². The molecule has 0 saturated carbocycles. The number of esters is 1. The number of hydrogen-bond acceptors (Lipinski definition) is 5. The fourth-order valence-corrected chi connectivity index (χ4v) is 3.80. The molecule has 1 atom stereocenters. The summed E-state index contributed by atoms with van der Waals surface area (Å²) in [7, 11) is 0. The van der Waals surface area contributed by atoms with Crippen LogP contribution < -0.4 is 5.32 Å². The van der Waals surface area contributed by atoms with Crippen molar-refractivity contribution in [3.05, 3.63) is 57.3 Å². The number of carbonyl (C=O) groups excluding carboxylic acids is 3. The number of carbonyl (C=O) groups is 3. The average Bonchev–Trinajstić information content (AvgIpc) is 3.34. The molecule has 3 rings (SSSR count). The van der Waals surface area contributed by atoms with Gasteiger partial charge in [-0.2, -0.15) is 0 Å². The van der Waals surface area contributed by atoms with Gasteiger partial charge in [-0.3, -0.25) is 9.59 Å². The van der Waals surface area contributed by atoms with Crippen molar-refractivity contribution in [2.75, 3.05) is 6.61 Å². The molecular formula is C21H23NO4S. The van der Waals surface area contributed by atoms with Crippen molar-refractivity contribution >= 4 is 29.0 Å². The molecule has 6 heteroatoms. The number of thiophene rings is 1. The van der Waals surface area contributed by atoms with E-state index in [1.54, 1.807) is 23.6 Å². The fraction of sp³-hybridized carbons (Fsp3) is 0.381. The molecular weight excluding hydrogens is 362 g/mol. The molecule has 0 bridgehead atoms. The monoisotopic (exact) mass is 385 g/mol. The Balaban J connectivity index is 1.59. The van der Waals surface area contributed by atoms with Crippen molar-refractivity contribution in [3.63, 3.8) is 0 Å². The Morgan fingerprint density at radius 2 is 1.93 bits per heavy atom. The van der Waals surface area contributed by atoms with Gasteiger partial charge in [0.1, 0.15) is 6.04 Å². The van der Waals surface area contributed by atoms with E-state index >= 15 is 0 Å². The Morgan fingerprint density at radius 1 is 1.15 bits per heavy atom. The van der Waals surface area contributed by atoms with E-state index in [9.17, 15) is 14.4 Å². The zero-order chi connectivity index (χ0) is 19.4. The summed E-state index contributed by atoms with van der Waals surface area (Å²) in [6.45, 7) is 3.32. The fourth-order valence-electron chi connectivity index (χ4n) is 3.17. The molecule has 0 saturated heterocycles. The summed E-state index contributed by atoms with van der Waals surface area (Å²) in [6.07, 6.45) is 3.15. The molecule has 1 heterocycles. The lowest BCUT2D eigenvalue weighted by Crippen LogP contribution is -2.45. The standard InChI is InChI=1S/C21H23NO4S/c1-13(2)19(22-20(24)18-7-4-10-27-18)21(25)26-12-17(23)16-9-8-14-5-3-6-15(14)11-16/h4,7-11,13,19H,3,5-6,12H2,1-2H3,(H,22,24)/t19-/m0/s1. The first-order valence-electron chi connectivity index (χ1n) is 9.11. The van der Waals surface area contributed by atoms with Crippen molar-refractivity contribution in [1.29, 1.82) is 0 Å². The van der Waals surface area contributed by atoms with Gasteiger partial charge in [-0.05, 0) is 53.8 Å². The number of fused-ring (bicyclic) bond motifs is 1. The maximum absolute atomic E-state index is 12.4. The highest BCUT2D eigenvalue weighted by Crippen LogP contribution is 2.23. The lowest BCUT2D eigenvalue weighted by atomic mass is 10.0. The van der Waals surface area contributed by atoms with E-state index < -0.39 is 12.0 Å². The molecule has 27 heavy (non-hydrogen) atoms. The molecule has 5 nitrogen and oxygen atoms in total. The van der Waals surface area contributed by atoms with Gasteiger partial charge >= 0.3 is 5.97 Å². The first-order chi connectivity index (χ1) is 13.0. The highest BCUT2D eigenvalue weighted by Gasteiger charge is 2.27. The summed E-state index contributed by atoms with van der Waals surface area (Å²) in [5, 5.41) is 4.50. The number of benzene rings is 1. The summed E-state index contributed by atoms with van der Waals surface area (Å²) in [4.78, 5) is 37.6. The highest BCUT2D eigenvalue weighted by molar-refractivity contribution is 7.12. The summed E-state index contributed by atoms with van der Waals surface area (Å²) in [5.41, 5.74) is 3.06. The summed E-state index contributed by atoms with van der Waals surface area (Å²) in [6, 6.07) is 8.34. The number of ether oxygens (including phenoxy) is 1. The Hall–Kier alpha value is -2.47. The van der Waals surface area contributed by atoms with E-state index in [4.69, 9.17) is 4.74 Å². The first-order valence-corrected chi connectivity index (χ1v) is 9.99. The van der Waals surface area contributed by atoms with Crippen molar-refractivity contribution < 1.29 is 19.1 Å². The maximum atomic E-state index is 12.4. The van der Waals surface area contributed by atoms with Crippen LogP contribution in [0.4, 0.5) is 0 Å². The third kappa shape index (κ3) is 4.63. The second-order valence-electron chi connectivity index (χ2n) is 7.04. The van der Waals surface area contributed by atoms with Gasteiger partial charge in [0.05, 0.1) is 4.88 Å². The molecule has 1 aromatic heterocycles. The predicted octanol–water partition coefficient (Wildman–Crippen LogP) is 3.42. The van der Waals surface area contributed by atoms with Crippen LogP contribution in [0.25, 0.3) is 0 Å². The Labute approximate surface area is 162 Å². The smallest absolute Gasteiger partial charge is 0.329 e. The highest BCUT2D eigenvalue weighted by atomic mass is 32.1. The summed E-state index contributed by atoms with van der Waals surface area (Å²) >= 11 is 1.30. The van der Waals surface area contributed by atoms with E-state index in [1.807, 2.05) is 26.0 Å². The van der Waals surface area contributed by atoms with Crippen LogP contribution in [-0.4, -0.2) is 30.3 Å². The summed E-state index contributed by atoms with van der Waals surface area (Å²) in [5.74, 6) is -1.29. The number of Topliss-reactive ketones (excluding diaryl/α,β-unsaturated/α-hetero) is 1. The van der Waals surface area contributed by atoms with Gasteiger partial charge in [0, 0.05) is 5.56 Å². The number of aryl methyl sites for hydroxylation is 2. The van der Waals surface area contributed by atoms with E-state index in [1.165, 1.54) is 22.5 Å². The Bertz CT molecular complexity index is 842. The zero-order valence-corrected chi connectivity index (χ0v) is 16.3. The molecule has 1 aliphatic rings. The van der Waals surface area contributed by atoms with Gasteiger partial charge in [-0.15, -0.1) is 11.3 Å². The van der Waals surface area contributed by atoms with Gasteiger partial charge in [0.15, 0.2) is 12.4 Å². The third-order valence-electron chi connectivity index (χ3n) is 4.72. The van der Waals surface area contributed by atoms with Crippen LogP contribution >= 0.6 is 11.3 Å². The second kappa shape index (κ2) is 8.48. The summed E-state index contributed by atoms with van der Waals surface area (Å²) < 4.78 is 5.22. The molecule has 0 fully saturated rings. The minimum absolute atomic E-state index is 0.156. The number of hydrogen-bond donors (Lipinski definition) is 1. The van der Waals surface area contributed by atoms with Crippen molar-refractivity contribution in [2.45, 2.75) is 39.2 Å². The van der Waals surface area contributed by atoms with Gasteiger partial charge < -0.3 is 10.1 Å². The average molecular weight is 385 g/mol. The number of amides is 1. The molecule has 0 unspecified atom stereocenters. The number of rotatable bonds is 7. The Kier molecular flexibility index (Phi) is 6.06. The van der Waals surface area contributed by atoms with Crippen LogP contribution in [0.1, 0.15) is 51.4 Å². The van der Waals surface area contributed by atoms with Gasteiger partial charge in [0.2, 0.25) is 0 Å². The normalized spacial score (nSPS) is 13.9. The molecule has 1 aliphatic carbocycles. The van der Waals surface area contributed by atoms with E-state index in [0.717, 1.165) is 19.3 Å². The number of ketones is 1. The van der Waals surface area contributed by atoms with Crippen molar-refractivity contribution in [2.24, 2.45) is 5.92 Å². The van der Waals surface area contributed by atoms with Crippen LogP contribution in [0.2, 0.25) is 0 Å². The molecule has 2 aromatic rings. The molecule has 1 N–H and O–H groups in total. The lowest BCUT2D eigenvalue weighted by molar-refractivity contribution is -0.145. The molecule has 142 valence electrons. The maximum Gasteiger partial charge on any atom is 0.329 e. The van der Waals surface area contributed by atoms with Crippen LogP contribution in [0.3, 0.4) is 0 Å². The van der Waals surface area contributed by atoms with Crippen LogP contribution in [0.15, 0.2) is 35.7 Å². The zero-order valence-electron chi connectivity index (χ0n) is 15.5. The molecule has 1 amide bonds. The largest absolute Gasteiger partial charge is 0.456 e. The van der Waals surface area contributed by atoms with Crippen LogP contribution in [-0.2, 0) is 22.4 Å². The van der Waals surface area contributed by atoms with Crippen molar-refractivity contribution in [3.8, 4) is 0 Å². The quantitative estimate of drug-likeness (QED) is 0.586. The van der Waals surface area contributed by atoms with Gasteiger partial charge in [-0.1, -0.05) is 32.0 Å².